The van der Waals surface area contributed by atoms with Crippen molar-refractivity contribution in [3.63, 3.8) is 0 Å². The number of hydrogen-bond donors (Lipinski definition) is 3. The van der Waals surface area contributed by atoms with Gasteiger partial charge in [0.25, 0.3) is 17.7 Å². The van der Waals surface area contributed by atoms with Gasteiger partial charge in [-0.25, -0.2) is 0 Å². The number of rotatable bonds is 11. The molecule has 12 nitrogen and oxygen atoms in total. The lowest BCUT2D eigenvalue weighted by Crippen LogP contribution is -2.46. The maximum absolute atomic E-state index is 15.9. The predicted molar refractivity (Wildman–Crippen MR) is 159 cm³/mol. The van der Waals surface area contributed by atoms with Crippen LogP contribution in [0, 0.1) is 17.0 Å². The van der Waals surface area contributed by atoms with E-state index < -0.39 is 47.0 Å². The molecule has 4 rings (SSSR count). The molecule has 4 N–H and O–H groups in total. The van der Waals surface area contributed by atoms with Crippen molar-refractivity contribution in [1.29, 1.82) is 5.41 Å². The number of carbonyl (C=O) groups excluding carboxylic acids is 2. The third kappa shape index (κ3) is 7.76. The Kier molecular flexibility index (Phi) is 10.4. The highest BCUT2D eigenvalue weighted by atomic mass is 19.1. The van der Waals surface area contributed by atoms with E-state index >= 15 is 8.78 Å². The number of halogens is 2. The molecule has 3 aromatic rings. The second-order valence-electron chi connectivity index (χ2n) is 10.5. The van der Waals surface area contributed by atoms with Crippen molar-refractivity contribution in [3.05, 3.63) is 65.2 Å². The Morgan fingerprint density at radius 3 is 2.38 bits per heavy atom. The molecule has 0 bridgehead atoms. The first-order valence-corrected chi connectivity index (χ1v) is 14.2. The van der Waals surface area contributed by atoms with Crippen molar-refractivity contribution in [2.24, 2.45) is 5.73 Å². The van der Waals surface area contributed by atoms with Crippen molar-refractivity contribution in [2.75, 3.05) is 33.8 Å². The summed E-state index contributed by atoms with van der Waals surface area (Å²) in [6.07, 6.45) is 0.0410. The fourth-order valence-electron chi connectivity index (χ4n) is 4.61. The summed E-state index contributed by atoms with van der Waals surface area (Å²) >= 11 is 0. The van der Waals surface area contributed by atoms with Crippen LogP contribution in [0.3, 0.4) is 0 Å². The molecule has 0 radical (unpaired) electrons. The number of nitrogens with two attached hydrogens (primary N) is 1. The number of ether oxygens (including phenoxy) is 4. The summed E-state index contributed by atoms with van der Waals surface area (Å²) in [5.74, 6) is -6.61. The highest BCUT2D eigenvalue weighted by molar-refractivity contribution is 5.95. The van der Waals surface area contributed by atoms with Gasteiger partial charge < -0.3 is 34.7 Å². The minimum absolute atomic E-state index is 0.0280. The molecule has 45 heavy (non-hydrogen) atoms. The zero-order valence-corrected chi connectivity index (χ0v) is 25.3. The molecule has 2 heterocycles. The van der Waals surface area contributed by atoms with Crippen LogP contribution >= 0.6 is 0 Å². The van der Waals surface area contributed by atoms with Crippen LogP contribution in [0.25, 0.3) is 0 Å². The average Bonchev–Trinajstić information content (AvgIpc) is 3.02. The normalized spacial score (nSPS) is 14.4. The molecule has 1 unspecified atom stereocenters. The lowest BCUT2D eigenvalue weighted by molar-refractivity contribution is -0.149. The maximum Gasteiger partial charge on any atom is 0.323 e. The van der Waals surface area contributed by atoms with Crippen molar-refractivity contribution < 1.29 is 42.4 Å². The number of phenolic OH excluding ortho intramolecular Hbond substituents is 1. The van der Waals surface area contributed by atoms with E-state index in [9.17, 15) is 14.7 Å². The molecule has 1 atom stereocenters. The highest BCUT2D eigenvalue weighted by Crippen LogP contribution is 2.40. The topological polar surface area (TPSA) is 161 Å². The number of piperidine rings is 1. The van der Waals surface area contributed by atoms with Gasteiger partial charge in [-0.3, -0.25) is 19.9 Å². The second kappa shape index (κ2) is 14.2. The number of phenols is 1. The molecule has 1 aliphatic rings. The molecule has 1 aromatic heterocycles. The van der Waals surface area contributed by atoms with E-state index in [-0.39, 0.29) is 46.9 Å². The number of nitrogens with one attached hydrogen (secondary N) is 1. The summed E-state index contributed by atoms with van der Waals surface area (Å²) < 4.78 is 53.9. The molecule has 1 aliphatic heterocycles. The molecule has 1 fully saturated rings. The Morgan fingerprint density at radius 1 is 1.09 bits per heavy atom. The Labute approximate surface area is 258 Å². The van der Waals surface area contributed by atoms with Gasteiger partial charge in [0.15, 0.2) is 11.5 Å². The molecular weight excluding hydrogens is 592 g/mol. The standard InChI is InChI=1S/C31H35F2N5O7/c1-5-42-31(41)17(2)38-13-11-20(12-14-38)43-26-24(32)28(44-21-8-6-7-19(15-21)30(40)37(3)4)36-29(25(26)33)45-23-16-18(27(34)35)9-10-22(23)39/h6-10,15-17,20,39H,5,11-14H2,1-4H3,(H3,34,35). The molecule has 14 heteroatoms. The molecular formula is C31H35F2N5O7. The highest BCUT2D eigenvalue weighted by Gasteiger charge is 2.32. The van der Waals surface area contributed by atoms with Crippen LogP contribution in [-0.4, -0.2) is 83.5 Å². The van der Waals surface area contributed by atoms with E-state index in [1.807, 2.05) is 4.90 Å². The van der Waals surface area contributed by atoms with Gasteiger partial charge in [-0.15, -0.1) is 0 Å². The van der Waals surface area contributed by atoms with Crippen LogP contribution < -0.4 is 19.9 Å². The molecule has 1 amide bonds. The summed E-state index contributed by atoms with van der Waals surface area (Å²) in [4.78, 5) is 31.8. The van der Waals surface area contributed by atoms with Crippen LogP contribution in [0.4, 0.5) is 8.78 Å². The summed E-state index contributed by atoms with van der Waals surface area (Å²) in [5.41, 5.74) is 5.96. The number of hydrogen-bond acceptors (Lipinski definition) is 10. The lowest BCUT2D eigenvalue weighted by Gasteiger charge is -2.35. The van der Waals surface area contributed by atoms with E-state index in [1.54, 1.807) is 34.0 Å². The number of benzene rings is 2. The van der Waals surface area contributed by atoms with Gasteiger partial charge in [-0.05, 0) is 63.1 Å². The number of pyridine rings is 1. The average molecular weight is 628 g/mol. The quantitative estimate of drug-likeness (QED) is 0.158. The predicted octanol–water partition coefficient (Wildman–Crippen LogP) is 4.43. The molecule has 2 aromatic carbocycles. The Hall–Kier alpha value is -4.98. The Morgan fingerprint density at radius 2 is 1.76 bits per heavy atom. The summed E-state index contributed by atoms with van der Waals surface area (Å²) in [6.45, 7) is 4.52. The number of aromatic nitrogens is 1. The molecule has 240 valence electrons. The Bertz CT molecular complexity index is 1580. The number of likely N-dealkylation sites (tertiary alicyclic amines) is 1. The van der Waals surface area contributed by atoms with Crippen LogP contribution in [0.15, 0.2) is 42.5 Å². The largest absolute Gasteiger partial charge is 0.504 e. The van der Waals surface area contributed by atoms with Crippen molar-refractivity contribution in [1.82, 2.24) is 14.8 Å². The van der Waals surface area contributed by atoms with Gasteiger partial charge in [-0.1, -0.05) is 6.07 Å². The number of amides is 1. The molecule has 1 saturated heterocycles. The van der Waals surface area contributed by atoms with E-state index in [0.29, 0.717) is 25.9 Å². The summed E-state index contributed by atoms with van der Waals surface area (Å²) in [5, 5.41) is 18.0. The first-order valence-electron chi connectivity index (χ1n) is 14.2. The molecule has 0 spiro atoms. The smallest absolute Gasteiger partial charge is 0.323 e. The lowest BCUT2D eigenvalue weighted by atomic mass is 10.1. The van der Waals surface area contributed by atoms with E-state index in [2.05, 4.69) is 4.98 Å². The zero-order valence-electron chi connectivity index (χ0n) is 25.3. The molecule has 0 aliphatic carbocycles. The van der Waals surface area contributed by atoms with Gasteiger partial charge in [-0.2, -0.15) is 13.8 Å². The SMILES string of the molecule is CCOC(=O)C(C)N1CCC(Oc2c(F)c(Oc3cccc(C(=O)N(C)C)c3)nc(Oc3cc(C(=N)N)ccc3O)c2F)CC1. The monoisotopic (exact) mass is 627 g/mol. The van der Waals surface area contributed by atoms with Gasteiger partial charge in [0.05, 0.1) is 6.61 Å². The van der Waals surface area contributed by atoms with Crippen molar-refractivity contribution in [2.45, 2.75) is 38.8 Å². The van der Waals surface area contributed by atoms with Gasteiger partial charge in [0.1, 0.15) is 23.7 Å². The minimum Gasteiger partial charge on any atom is -0.504 e. The second-order valence-corrected chi connectivity index (χ2v) is 10.5. The third-order valence-corrected chi connectivity index (χ3v) is 7.09. The van der Waals surface area contributed by atoms with Gasteiger partial charge in [0, 0.05) is 38.3 Å². The van der Waals surface area contributed by atoms with Crippen LogP contribution in [-0.2, 0) is 9.53 Å². The first kappa shape index (κ1) is 32.9. The number of aromatic hydroxyl groups is 1. The molecule has 0 saturated carbocycles. The van der Waals surface area contributed by atoms with Gasteiger partial charge >= 0.3 is 5.97 Å². The van der Waals surface area contributed by atoms with Gasteiger partial charge in [0.2, 0.25) is 17.4 Å². The number of carbonyl (C=O) groups is 2. The summed E-state index contributed by atoms with van der Waals surface area (Å²) in [7, 11) is 3.14. The van der Waals surface area contributed by atoms with Crippen LogP contribution in [0.1, 0.15) is 42.6 Å². The third-order valence-electron chi connectivity index (χ3n) is 7.09. The van der Waals surface area contributed by atoms with E-state index in [4.69, 9.17) is 30.1 Å². The van der Waals surface area contributed by atoms with Crippen LogP contribution in [0.5, 0.6) is 34.8 Å². The fraction of sp³-hybridized carbons (Fsp3) is 0.355. The van der Waals surface area contributed by atoms with Crippen LogP contribution in [0.2, 0.25) is 0 Å². The number of nitrogen functional groups attached to an aromatic ring is 1. The zero-order chi connectivity index (χ0) is 32.8. The number of nitrogens with zero attached hydrogens (tertiary/aromatic N) is 3. The van der Waals surface area contributed by atoms with Crippen molar-refractivity contribution >= 4 is 17.7 Å². The fourth-order valence-corrected chi connectivity index (χ4v) is 4.61. The van der Waals surface area contributed by atoms with E-state index in [0.717, 1.165) is 0 Å². The summed E-state index contributed by atoms with van der Waals surface area (Å²) in [6, 6.07) is 9.16. The first-order chi connectivity index (χ1) is 21.4. The van der Waals surface area contributed by atoms with E-state index in [1.165, 1.54) is 41.3 Å². The Balaban J connectivity index is 1.67. The minimum atomic E-state index is -1.30. The number of esters is 1. The number of amidine groups is 1. The van der Waals surface area contributed by atoms with Crippen molar-refractivity contribution in [3.8, 4) is 34.8 Å². The maximum atomic E-state index is 15.9.